The summed E-state index contributed by atoms with van der Waals surface area (Å²) in [5.74, 6) is -2.29. The number of hydrogen-bond donors (Lipinski definition) is 2. The number of carbonyl (C=O) groups is 1. The summed E-state index contributed by atoms with van der Waals surface area (Å²) in [6, 6.07) is 2.92. The zero-order chi connectivity index (χ0) is 17.0. The predicted octanol–water partition coefficient (Wildman–Crippen LogP) is 1.71. The summed E-state index contributed by atoms with van der Waals surface area (Å²) in [7, 11) is 0. The fourth-order valence-electron chi connectivity index (χ4n) is 1.66. The van der Waals surface area contributed by atoms with E-state index in [2.05, 4.69) is 15.2 Å². The lowest BCUT2D eigenvalue weighted by molar-refractivity contribution is -0.115. The second-order valence-electron chi connectivity index (χ2n) is 4.27. The van der Waals surface area contributed by atoms with Crippen LogP contribution in [0.2, 0.25) is 0 Å². The van der Waals surface area contributed by atoms with Crippen molar-refractivity contribution in [3.63, 3.8) is 0 Å². The van der Waals surface area contributed by atoms with Gasteiger partial charge in [-0.05, 0) is 12.1 Å². The lowest BCUT2D eigenvalue weighted by Gasteiger charge is -2.18. The maximum Gasteiger partial charge on any atom is 0.230 e. The van der Waals surface area contributed by atoms with Gasteiger partial charge in [0.2, 0.25) is 11.9 Å². The van der Waals surface area contributed by atoms with Crippen LogP contribution in [0.25, 0.3) is 0 Å². The van der Waals surface area contributed by atoms with Crippen molar-refractivity contribution in [3.05, 3.63) is 40.9 Å². The van der Waals surface area contributed by atoms with E-state index >= 15 is 0 Å². The molecule has 0 saturated carbocycles. The predicted molar refractivity (Wildman–Crippen MR) is 84.7 cm³/mol. The van der Waals surface area contributed by atoms with Crippen LogP contribution in [0.1, 0.15) is 12.6 Å². The van der Waals surface area contributed by atoms with Crippen LogP contribution in [0.15, 0.2) is 33.8 Å². The van der Waals surface area contributed by atoms with Crippen LogP contribution >= 0.6 is 11.3 Å². The van der Waals surface area contributed by atoms with Crippen molar-refractivity contribution in [1.29, 1.82) is 0 Å². The van der Waals surface area contributed by atoms with Gasteiger partial charge in [0.15, 0.2) is 5.13 Å². The van der Waals surface area contributed by atoms with Crippen molar-refractivity contribution in [3.8, 4) is 0 Å². The van der Waals surface area contributed by atoms with Gasteiger partial charge in [0.25, 0.3) is 0 Å². The van der Waals surface area contributed by atoms with Crippen LogP contribution in [-0.2, 0) is 4.79 Å². The second-order valence-corrected chi connectivity index (χ2v) is 5.11. The molecule has 7 nitrogen and oxygen atoms in total. The monoisotopic (exact) mass is 338 g/mol. The molecule has 0 radical (unpaired) electrons. The molecule has 1 aromatic heterocycles. The molecule has 23 heavy (non-hydrogen) atoms. The Hall–Kier alpha value is -2.88. The van der Waals surface area contributed by atoms with Crippen LogP contribution < -0.4 is 16.4 Å². The van der Waals surface area contributed by atoms with Gasteiger partial charge in [-0.25, -0.2) is 13.8 Å². The first kappa shape index (κ1) is 16.5. The zero-order valence-corrected chi connectivity index (χ0v) is 12.7. The van der Waals surface area contributed by atoms with Gasteiger partial charge in [0.1, 0.15) is 11.6 Å². The molecule has 120 valence electrons. The summed E-state index contributed by atoms with van der Waals surface area (Å²) in [5, 5.41) is 8.79. The number of amides is 1. The Kier molecular flexibility index (Phi) is 4.96. The maximum atomic E-state index is 13.9. The average Bonchev–Trinajstić information content (AvgIpc) is 2.89. The molecule has 0 bridgehead atoms. The van der Waals surface area contributed by atoms with Crippen molar-refractivity contribution in [2.75, 3.05) is 4.90 Å². The Morgan fingerprint density at radius 1 is 1.39 bits per heavy atom. The van der Waals surface area contributed by atoms with Gasteiger partial charge >= 0.3 is 0 Å². The fourth-order valence-corrected chi connectivity index (χ4v) is 2.49. The number of nitrogens with two attached hydrogens (primary N) is 2. The largest absolute Gasteiger partial charge is 0.369 e. The number of benzene rings is 1. The highest BCUT2D eigenvalue weighted by Gasteiger charge is 2.21. The van der Waals surface area contributed by atoms with Gasteiger partial charge in [-0.15, -0.1) is 16.4 Å². The molecule has 1 aromatic carbocycles. The van der Waals surface area contributed by atoms with Gasteiger partial charge in [-0.3, -0.25) is 9.69 Å². The molecule has 1 amide bonds. The Balaban J connectivity index is 2.36. The van der Waals surface area contributed by atoms with E-state index < -0.39 is 17.5 Å². The summed E-state index contributed by atoms with van der Waals surface area (Å²) in [6.45, 7) is 1.25. The first-order valence-corrected chi connectivity index (χ1v) is 7.09. The molecule has 10 heteroatoms. The molecule has 2 rings (SSSR count). The van der Waals surface area contributed by atoms with Gasteiger partial charge < -0.3 is 11.5 Å². The van der Waals surface area contributed by atoms with Crippen molar-refractivity contribution in [1.82, 2.24) is 4.98 Å². The Labute approximate surface area is 134 Å². The van der Waals surface area contributed by atoms with Crippen molar-refractivity contribution < 1.29 is 13.6 Å². The lowest BCUT2D eigenvalue weighted by atomic mass is 10.2. The minimum atomic E-state index is -0.869. The molecule has 0 aliphatic rings. The number of hydrogen-bond acceptors (Lipinski definition) is 5. The first-order chi connectivity index (χ1) is 10.9. The molecule has 0 atom stereocenters. The van der Waals surface area contributed by atoms with Crippen LogP contribution in [0.5, 0.6) is 0 Å². The summed E-state index contributed by atoms with van der Waals surface area (Å²) in [5.41, 5.74) is 10.5. The third-order valence-corrected chi connectivity index (χ3v) is 3.37. The van der Waals surface area contributed by atoms with E-state index in [4.69, 9.17) is 11.5 Å². The number of anilines is 2. The number of halogens is 2. The van der Waals surface area contributed by atoms with Crippen LogP contribution in [-0.4, -0.2) is 23.1 Å². The molecular formula is C13H12F2N6OS. The van der Waals surface area contributed by atoms with E-state index in [1.807, 2.05) is 0 Å². The van der Waals surface area contributed by atoms with Crippen molar-refractivity contribution >= 4 is 40.2 Å². The van der Waals surface area contributed by atoms with Gasteiger partial charge in [0, 0.05) is 18.4 Å². The highest BCUT2D eigenvalue weighted by molar-refractivity contribution is 7.14. The van der Waals surface area contributed by atoms with E-state index in [0.717, 1.165) is 22.3 Å². The van der Waals surface area contributed by atoms with Crippen LogP contribution in [0.3, 0.4) is 0 Å². The first-order valence-electron chi connectivity index (χ1n) is 6.21. The van der Waals surface area contributed by atoms with Crippen LogP contribution in [0.4, 0.5) is 19.6 Å². The number of nitrogens with zero attached hydrogens (tertiary/aromatic N) is 4. The van der Waals surface area contributed by atoms with Gasteiger partial charge in [0.05, 0.1) is 17.6 Å². The second kappa shape index (κ2) is 6.92. The molecular weight excluding hydrogens is 326 g/mol. The lowest BCUT2D eigenvalue weighted by Crippen LogP contribution is -2.23. The summed E-state index contributed by atoms with van der Waals surface area (Å²) < 4.78 is 26.9. The van der Waals surface area contributed by atoms with Gasteiger partial charge in [-0.1, -0.05) is 0 Å². The number of rotatable bonds is 4. The minimum absolute atomic E-state index is 0.0963. The quantitative estimate of drug-likeness (QED) is 0.502. The third-order valence-electron chi connectivity index (χ3n) is 2.53. The summed E-state index contributed by atoms with van der Waals surface area (Å²) in [4.78, 5) is 17.0. The molecule has 0 fully saturated rings. The Bertz CT molecular complexity index is 785. The fraction of sp³-hybridized carbons (Fsp3) is 0.0769. The minimum Gasteiger partial charge on any atom is -0.369 e. The number of guanidine groups is 1. The van der Waals surface area contributed by atoms with Gasteiger partial charge in [-0.2, -0.15) is 5.10 Å². The molecule has 1 heterocycles. The summed E-state index contributed by atoms with van der Waals surface area (Å²) >= 11 is 1.08. The molecule has 2 aromatic rings. The maximum absolute atomic E-state index is 13.9. The zero-order valence-electron chi connectivity index (χ0n) is 11.9. The van der Waals surface area contributed by atoms with E-state index in [-0.39, 0.29) is 16.8 Å². The number of thiazole rings is 1. The molecule has 0 aliphatic carbocycles. The third kappa shape index (κ3) is 4.07. The highest BCUT2D eigenvalue weighted by atomic mass is 32.1. The smallest absolute Gasteiger partial charge is 0.230 e. The van der Waals surface area contributed by atoms with E-state index in [1.165, 1.54) is 19.2 Å². The average molecular weight is 338 g/mol. The van der Waals surface area contributed by atoms with E-state index in [0.29, 0.717) is 11.8 Å². The normalized spacial score (nSPS) is 10.7. The Morgan fingerprint density at radius 3 is 2.74 bits per heavy atom. The molecule has 0 spiro atoms. The molecule has 4 N–H and O–H groups in total. The number of aromatic nitrogens is 1. The molecule has 0 unspecified atom stereocenters. The van der Waals surface area contributed by atoms with Crippen molar-refractivity contribution in [2.45, 2.75) is 6.92 Å². The summed E-state index contributed by atoms with van der Waals surface area (Å²) in [6.07, 6.45) is 1.28. The highest BCUT2D eigenvalue weighted by Crippen LogP contribution is 2.30. The SMILES string of the molecule is CC(=O)N(c1nc(/C=N/N=C(N)N)cs1)c1ccc(F)cc1F. The molecule has 0 saturated heterocycles. The van der Waals surface area contributed by atoms with Crippen LogP contribution in [0, 0.1) is 11.6 Å². The topological polar surface area (TPSA) is 110 Å². The number of carbonyl (C=O) groups excluding carboxylic acids is 1. The molecule has 0 aliphatic heterocycles. The Morgan fingerprint density at radius 2 is 2.13 bits per heavy atom. The van der Waals surface area contributed by atoms with Crippen molar-refractivity contribution in [2.24, 2.45) is 21.7 Å². The standard InChI is InChI=1S/C13H12F2N6OS/c1-7(22)21(11-3-2-8(14)4-10(11)15)13-19-9(6-23-13)5-18-20-12(16)17/h2-6H,1H3,(H4,16,17,20)/b18-5+. The van der Waals surface area contributed by atoms with E-state index in [1.54, 1.807) is 5.38 Å². The van der Waals surface area contributed by atoms with E-state index in [9.17, 15) is 13.6 Å².